The Balaban J connectivity index is 2.80. The molecule has 4 nitrogen and oxygen atoms in total. The Hall–Kier alpha value is -1.55. The summed E-state index contributed by atoms with van der Waals surface area (Å²) >= 11 is 0. The Morgan fingerprint density at radius 3 is 2.37 bits per heavy atom. The lowest BCUT2D eigenvalue weighted by Crippen LogP contribution is -2.39. The van der Waals surface area contributed by atoms with Crippen LogP contribution in [0.15, 0.2) is 30.3 Å². The maximum atomic E-state index is 11.8. The minimum absolute atomic E-state index is 0.457. The minimum atomic E-state index is -0.644. The molecule has 0 aliphatic carbocycles. The second-order valence-corrected chi connectivity index (χ2v) is 5.51. The third-order valence-corrected chi connectivity index (χ3v) is 2.63. The number of aliphatic hydroxyl groups excluding tert-OH is 1. The molecule has 0 saturated carbocycles. The summed E-state index contributed by atoms with van der Waals surface area (Å²) in [5, 5.41) is 12.8. The number of aliphatic hydroxyl groups is 1. The number of hydrogen-bond acceptors (Lipinski definition) is 3. The molecule has 0 unspecified atom stereocenters. The molecule has 1 rings (SSSR count). The van der Waals surface area contributed by atoms with Crippen LogP contribution in [0, 0.1) is 0 Å². The predicted molar refractivity (Wildman–Crippen MR) is 74.9 cm³/mol. The normalized spacial score (nSPS) is 14.6. The Labute approximate surface area is 114 Å². The van der Waals surface area contributed by atoms with Gasteiger partial charge in [-0.15, -0.1) is 0 Å². The fraction of sp³-hybridized carbons (Fsp3) is 0.533. The van der Waals surface area contributed by atoms with E-state index in [4.69, 9.17) is 4.74 Å². The Morgan fingerprint density at radius 2 is 1.89 bits per heavy atom. The van der Waals surface area contributed by atoms with Crippen molar-refractivity contribution in [3.05, 3.63) is 35.9 Å². The second-order valence-electron chi connectivity index (χ2n) is 5.51. The summed E-state index contributed by atoms with van der Waals surface area (Å²) in [4.78, 5) is 11.8. The van der Waals surface area contributed by atoms with E-state index in [9.17, 15) is 9.90 Å². The van der Waals surface area contributed by atoms with Gasteiger partial charge in [-0.3, -0.25) is 0 Å². The smallest absolute Gasteiger partial charge is 0.408 e. The van der Waals surface area contributed by atoms with Crippen LogP contribution in [0.4, 0.5) is 4.79 Å². The molecular formula is C15H23NO3. The van der Waals surface area contributed by atoms with Crippen molar-refractivity contribution in [2.75, 3.05) is 0 Å². The van der Waals surface area contributed by atoms with Crippen LogP contribution in [-0.4, -0.2) is 22.9 Å². The highest BCUT2D eigenvalue weighted by Crippen LogP contribution is 2.19. The standard InChI is InChI=1S/C15H23NO3/c1-5-12(17)13(11-9-7-6-8-10-11)16-14(18)19-15(2,3)4/h6-10,12-13,17H,5H2,1-4H3,(H,16,18)/t12-,13+/m0/s1. The van der Waals surface area contributed by atoms with Gasteiger partial charge in [-0.25, -0.2) is 4.79 Å². The summed E-state index contributed by atoms with van der Waals surface area (Å²) in [5.74, 6) is 0. The van der Waals surface area contributed by atoms with Crippen molar-refractivity contribution < 1.29 is 14.6 Å². The summed E-state index contributed by atoms with van der Waals surface area (Å²) in [6.07, 6.45) is -0.612. The molecule has 1 aromatic rings. The van der Waals surface area contributed by atoms with Crippen LogP contribution >= 0.6 is 0 Å². The fourth-order valence-corrected chi connectivity index (χ4v) is 1.73. The average Bonchev–Trinajstić information content (AvgIpc) is 2.34. The highest BCUT2D eigenvalue weighted by atomic mass is 16.6. The SMILES string of the molecule is CC[C@H](O)[C@H](NC(=O)OC(C)(C)C)c1ccccc1. The molecule has 0 heterocycles. The highest BCUT2D eigenvalue weighted by Gasteiger charge is 2.24. The van der Waals surface area contributed by atoms with Crippen LogP contribution in [-0.2, 0) is 4.74 Å². The lowest BCUT2D eigenvalue weighted by Gasteiger charge is -2.26. The van der Waals surface area contributed by atoms with Gasteiger partial charge < -0.3 is 15.2 Å². The van der Waals surface area contributed by atoms with Crippen molar-refractivity contribution in [2.45, 2.75) is 51.9 Å². The van der Waals surface area contributed by atoms with Crippen LogP contribution in [0.25, 0.3) is 0 Å². The summed E-state index contributed by atoms with van der Waals surface area (Å²) in [5.41, 5.74) is 0.311. The molecule has 19 heavy (non-hydrogen) atoms. The monoisotopic (exact) mass is 265 g/mol. The second kappa shape index (κ2) is 6.57. The summed E-state index contributed by atoms with van der Waals surface area (Å²) in [6, 6.07) is 8.94. The van der Waals surface area contributed by atoms with Gasteiger partial charge in [-0.1, -0.05) is 37.3 Å². The van der Waals surface area contributed by atoms with Crippen LogP contribution < -0.4 is 5.32 Å². The number of alkyl carbamates (subject to hydrolysis) is 1. The van der Waals surface area contributed by atoms with Gasteiger partial charge in [0.15, 0.2) is 0 Å². The molecule has 1 aromatic carbocycles. The molecule has 2 atom stereocenters. The van der Waals surface area contributed by atoms with E-state index in [-0.39, 0.29) is 0 Å². The fourth-order valence-electron chi connectivity index (χ4n) is 1.73. The minimum Gasteiger partial charge on any atom is -0.444 e. The number of amides is 1. The van der Waals surface area contributed by atoms with Crippen molar-refractivity contribution in [1.82, 2.24) is 5.32 Å². The van der Waals surface area contributed by atoms with Gasteiger partial charge >= 0.3 is 6.09 Å². The largest absolute Gasteiger partial charge is 0.444 e. The number of hydrogen-bond donors (Lipinski definition) is 2. The van der Waals surface area contributed by atoms with Gasteiger partial charge in [0, 0.05) is 0 Å². The van der Waals surface area contributed by atoms with Crippen LogP contribution in [0.5, 0.6) is 0 Å². The quantitative estimate of drug-likeness (QED) is 0.879. The third kappa shape index (κ3) is 5.30. The van der Waals surface area contributed by atoms with E-state index in [0.717, 1.165) is 5.56 Å². The number of benzene rings is 1. The number of carbonyl (C=O) groups is 1. The van der Waals surface area contributed by atoms with E-state index in [0.29, 0.717) is 6.42 Å². The van der Waals surface area contributed by atoms with Crippen LogP contribution in [0.2, 0.25) is 0 Å². The zero-order valence-corrected chi connectivity index (χ0v) is 12.0. The lowest BCUT2D eigenvalue weighted by molar-refractivity contribution is 0.0417. The number of rotatable bonds is 4. The molecule has 0 aromatic heterocycles. The van der Waals surface area contributed by atoms with Gasteiger partial charge in [-0.2, -0.15) is 0 Å². The van der Waals surface area contributed by atoms with E-state index in [1.54, 1.807) is 20.8 Å². The Kier molecular flexibility index (Phi) is 5.36. The van der Waals surface area contributed by atoms with Gasteiger partial charge in [0.2, 0.25) is 0 Å². The Morgan fingerprint density at radius 1 is 1.32 bits per heavy atom. The molecule has 106 valence electrons. The van der Waals surface area contributed by atoms with Crippen molar-refractivity contribution in [1.29, 1.82) is 0 Å². The lowest BCUT2D eigenvalue weighted by atomic mass is 10.00. The molecule has 1 amide bonds. The van der Waals surface area contributed by atoms with Gasteiger partial charge in [0.1, 0.15) is 5.60 Å². The van der Waals surface area contributed by atoms with E-state index in [1.165, 1.54) is 0 Å². The molecule has 0 radical (unpaired) electrons. The first-order valence-corrected chi connectivity index (χ1v) is 6.56. The van der Waals surface area contributed by atoms with Crippen molar-refractivity contribution >= 4 is 6.09 Å². The van der Waals surface area contributed by atoms with E-state index in [2.05, 4.69) is 5.32 Å². The maximum Gasteiger partial charge on any atom is 0.408 e. The average molecular weight is 265 g/mol. The van der Waals surface area contributed by atoms with Crippen LogP contribution in [0.3, 0.4) is 0 Å². The molecule has 2 N–H and O–H groups in total. The maximum absolute atomic E-state index is 11.8. The summed E-state index contributed by atoms with van der Waals surface area (Å²) in [7, 11) is 0. The van der Waals surface area contributed by atoms with Crippen molar-refractivity contribution in [3.8, 4) is 0 Å². The molecule has 0 aliphatic heterocycles. The number of ether oxygens (including phenoxy) is 1. The predicted octanol–water partition coefficient (Wildman–Crippen LogP) is 3.02. The molecule has 4 heteroatoms. The zero-order chi connectivity index (χ0) is 14.5. The van der Waals surface area contributed by atoms with Crippen LogP contribution in [0.1, 0.15) is 45.7 Å². The Bertz CT molecular complexity index is 398. The first-order chi connectivity index (χ1) is 8.83. The molecule has 0 aliphatic rings. The van der Waals surface area contributed by atoms with E-state index < -0.39 is 23.8 Å². The molecule has 0 saturated heterocycles. The molecular weight excluding hydrogens is 242 g/mol. The van der Waals surface area contributed by atoms with Gasteiger partial charge in [-0.05, 0) is 32.8 Å². The number of nitrogens with one attached hydrogen (secondary N) is 1. The van der Waals surface area contributed by atoms with Crippen molar-refractivity contribution in [3.63, 3.8) is 0 Å². The molecule has 0 spiro atoms. The summed E-state index contributed by atoms with van der Waals surface area (Å²) < 4.78 is 5.22. The first-order valence-electron chi connectivity index (χ1n) is 6.56. The van der Waals surface area contributed by atoms with Gasteiger partial charge in [0.05, 0.1) is 12.1 Å². The topological polar surface area (TPSA) is 58.6 Å². The first kappa shape index (κ1) is 15.5. The highest BCUT2D eigenvalue weighted by molar-refractivity contribution is 5.68. The van der Waals surface area contributed by atoms with Crippen molar-refractivity contribution in [2.24, 2.45) is 0 Å². The third-order valence-electron chi connectivity index (χ3n) is 2.63. The van der Waals surface area contributed by atoms with Gasteiger partial charge in [0.25, 0.3) is 0 Å². The molecule has 0 bridgehead atoms. The molecule has 0 fully saturated rings. The zero-order valence-electron chi connectivity index (χ0n) is 12.0. The summed E-state index contributed by atoms with van der Waals surface area (Å²) in [6.45, 7) is 7.29. The van der Waals surface area contributed by atoms with E-state index in [1.807, 2.05) is 37.3 Å². The number of carbonyl (C=O) groups excluding carboxylic acids is 1. The van der Waals surface area contributed by atoms with E-state index >= 15 is 0 Å².